The number of anilines is 2. The Morgan fingerprint density at radius 1 is 0.875 bits per heavy atom. The Kier molecular flexibility index (Phi) is 7.90. The molecule has 2 N–H and O–H groups in total. The smallest absolute Gasteiger partial charge is 0.265 e. The number of benzene rings is 3. The molecule has 1 atom stereocenters. The lowest BCUT2D eigenvalue weighted by Crippen LogP contribution is -2.32. The molecular formula is C22H19Cl3N2O4S. The van der Waals surface area contributed by atoms with Crippen LogP contribution < -0.4 is 14.8 Å². The quantitative estimate of drug-likeness (QED) is 0.373. The summed E-state index contributed by atoms with van der Waals surface area (Å²) >= 11 is 17.7. The Balaban J connectivity index is 1.67. The van der Waals surface area contributed by atoms with Gasteiger partial charge >= 0.3 is 0 Å². The van der Waals surface area contributed by atoms with Crippen molar-refractivity contribution >= 4 is 62.1 Å². The van der Waals surface area contributed by atoms with Gasteiger partial charge < -0.3 is 10.1 Å². The minimum Gasteiger partial charge on any atom is -0.481 e. The van der Waals surface area contributed by atoms with Gasteiger partial charge in [-0.25, -0.2) is 8.42 Å². The van der Waals surface area contributed by atoms with Crippen molar-refractivity contribution in [3.8, 4) is 5.75 Å². The summed E-state index contributed by atoms with van der Waals surface area (Å²) in [6.07, 6.45) is -0.290. The average molecular weight is 514 g/mol. The van der Waals surface area contributed by atoms with Crippen LogP contribution >= 0.6 is 34.8 Å². The van der Waals surface area contributed by atoms with E-state index in [1.807, 2.05) is 6.92 Å². The molecule has 3 aromatic carbocycles. The van der Waals surface area contributed by atoms with E-state index in [0.29, 0.717) is 32.9 Å². The molecule has 0 heterocycles. The summed E-state index contributed by atoms with van der Waals surface area (Å²) in [5.74, 6) is 0.162. The van der Waals surface area contributed by atoms with E-state index in [9.17, 15) is 13.2 Å². The fourth-order valence-corrected chi connectivity index (χ4v) is 4.46. The van der Waals surface area contributed by atoms with Gasteiger partial charge in [0.25, 0.3) is 15.9 Å². The third kappa shape index (κ3) is 6.53. The topological polar surface area (TPSA) is 84.5 Å². The summed E-state index contributed by atoms with van der Waals surface area (Å²) in [4.78, 5) is 12.6. The Labute approximate surface area is 201 Å². The third-order valence-corrected chi connectivity index (χ3v) is 6.39. The van der Waals surface area contributed by atoms with E-state index in [1.54, 1.807) is 24.3 Å². The van der Waals surface area contributed by atoms with Crippen molar-refractivity contribution < 1.29 is 17.9 Å². The number of hydrogen-bond donors (Lipinski definition) is 2. The highest BCUT2D eigenvalue weighted by molar-refractivity contribution is 7.92. The molecule has 0 aliphatic heterocycles. The molecule has 0 saturated carbocycles. The summed E-state index contributed by atoms with van der Waals surface area (Å²) in [7, 11) is -3.87. The number of carbonyl (C=O) groups excluding carboxylic acids is 1. The van der Waals surface area contributed by atoms with Crippen molar-refractivity contribution in [2.75, 3.05) is 10.0 Å². The predicted molar refractivity (Wildman–Crippen MR) is 129 cm³/mol. The maximum Gasteiger partial charge on any atom is 0.265 e. The zero-order valence-electron chi connectivity index (χ0n) is 16.8. The van der Waals surface area contributed by atoms with Crippen LogP contribution in [0.3, 0.4) is 0 Å². The van der Waals surface area contributed by atoms with E-state index in [2.05, 4.69) is 10.0 Å². The molecule has 0 aromatic heterocycles. The van der Waals surface area contributed by atoms with Gasteiger partial charge in [0.2, 0.25) is 0 Å². The molecule has 0 unspecified atom stereocenters. The lowest BCUT2D eigenvalue weighted by molar-refractivity contribution is -0.122. The van der Waals surface area contributed by atoms with Crippen LogP contribution in [0.25, 0.3) is 0 Å². The second kappa shape index (κ2) is 10.4. The van der Waals surface area contributed by atoms with Crippen molar-refractivity contribution in [1.82, 2.24) is 0 Å². The van der Waals surface area contributed by atoms with Crippen molar-refractivity contribution in [2.45, 2.75) is 24.3 Å². The summed E-state index contributed by atoms with van der Waals surface area (Å²) in [6, 6.07) is 16.8. The molecule has 0 aliphatic rings. The van der Waals surface area contributed by atoms with Crippen LogP contribution in [0.4, 0.5) is 11.4 Å². The normalized spacial score (nSPS) is 12.1. The number of amides is 1. The predicted octanol–water partition coefficient (Wildman–Crippen LogP) is 6.24. The van der Waals surface area contributed by atoms with Crippen LogP contribution in [0.15, 0.2) is 71.6 Å². The number of ether oxygens (including phenoxy) is 1. The van der Waals surface area contributed by atoms with Gasteiger partial charge in [-0.2, -0.15) is 0 Å². The van der Waals surface area contributed by atoms with Gasteiger partial charge in [-0.05, 0) is 73.2 Å². The van der Waals surface area contributed by atoms with E-state index in [0.717, 1.165) is 0 Å². The molecule has 3 rings (SSSR count). The largest absolute Gasteiger partial charge is 0.481 e. The Hall–Kier alpha value is -2.45. The number of nitrogens with one attached hydrogen (secondary N) is 2. The second-order valence-electron chi connectivity index (χ2n) is 6.75. The molecule has 6 nitrogen and oxygen atoms in total. The average Bonchev–Trinajstić information content (AvgIpc) is 2.72. The van der Waals surface area contributed by atoms with Crippen LogP contribution in [0.2, 0.25) is 15.1 Å². The van der Waals surface area contributed by atoms with Crippen molar-refractivity contribution in [2.24, 2.45) is 0 Å². The van der Waals surface area contributed by atoms with Crippen LogP contribution in [0.5, 0.6) is 5.75 Å². The van der Waals surface area contributed by atoms with Crippen LogP contribution in [-0.4, -0.2) is 20.4 Å². The number of sulfonamides is 1. The number of rotatable bonds is 8. The summed E-state index contributed by atoms with van der Waals surface area (Å²) in [6.45, 7) is 1.82. The van der Waals surface area contributed by atoms with Crippen molar-refractivity contribution in [3.63, 3.8) is 0 Å². The van der Waals surface area contributed by atoms with E-state index in [-0.39, 0.29) is 16.5 Å². The maximum absolute atomic E-state index is 12.6. The molecule has 32 heavy (non-hydrogen) atoms. The lowest BCUT2D eigenvalue weighted by Gasteiger charge is -2.17. The van der Waals surface area contributed by atoms with E-state index >= 15 is 0 Å². The first-order valence-electron chi connectivity index (χ1n) is 9.48. The van der Waals surface area contributed by atoms with Gasteiger partial charge in [-0.1, -0.05) is 41.7 Å². The van der Waals surface area contributed by atoms with Gasteiger partial charge in [0.15, 0.2) is 6.10 Å². The molecule has 0 spiro atoms. The highest BCUT2D eigenvalue weighted by Gasteiger charge is 2.20. The summed E-state index contributed by atoms with van der Waals surface area (Å²) < 4.78 is 33.4. The first-order chi connectivity index (χ1) is 15.2. The van der Waals surface area contributed by atoms with Crippen molar-refractivity contribution in [1.29, 1.82) is 0 Å². The lowest BCUT2D eigenvalue weighted by atomic mass is 10.2. The molecule has 10 heteroatoms. The van der Waals surface area contributed by atoms with Crippen molar-refractivity contribution in [3.05, 3.63) is 81.8 Å². The Bertz CT molecular complexity index is 1180. The van der Waals surface area contributed by atoms with Gasteiger partial charge in [0, 0.05) is 20.8 Å². The molecule has 0 fully saturated rings. The monoisotopic (exact) mass is 512 g/mol. The molecule has 168 valence electrons. The van der Waals surface area contributed by atoms with Gasteiger partial charge in [-0.15, -0.1) is 0 Å². The molecule has 0 saturated heterocycles. The molecule has 0 bridgehead atoms. The highest BCUT2D eigenvalue weighted by atomic mass is 35.5. The minimum atomic E-state index is -3.87. The molecule has 1 amide bonds. The number of carbonyl (C=O) groups is 1. The van der Waals surface area contributed by atoms with Crippen LogP contribution in [-0.2, 0) is 14.8 Å². The minimum absolute atomic E-state index is 0.0102. The zero-order chi connectivity index (χ0) is 23.3. The van der Waals surface area contributed by atoms with Gasteiger partial charge in [0.1, 0.15) is 5.75 Å². The SMILES string of the molecule is CC[C@H](Oc1ccc(Cl)cc1)C(=O)Nc1ccc(S(=O)(=O)Nc2cc(Cl)cc(Cl)c2)cc1. The first kappa shape index (κ1) is 24.2. The molecule has 0 aliphatic carbocycles. The van der Waals surface area contributed by atoms with E-state index in [4.69, 9.17) is 39.5 Å². The Morgan fingerprint density at radius 2 is 1.47 bits per heavy atom. The molecular weight excluding hydrogens is 495 g/mol. The second-order valence-corrected chi connectivity index (χ2v) is 9.74. The van der Waals surface area contributed by atoms with Gasteiger partial charge in [-0.3, -0.25) is 9.52 Å². The van der Waals surface area contributed by atoms with Crippen LogP contribution in [0, 0.1) is 0 Å². The molecule has 0 radical (unpaired) electrons. The Morgan fingerprint density at radius 3 is 2.03 bits per heavy atom. The van der Waals surface area contributed by atoms with Gasteiger partial charge in [0.05, 0.1) is 10.6 Å². The van der Waals surface area contributed by atoms with E-state index in [1.165, 1.54) is 42.5 Å². The fraction of sp³-hybridized carbons (Fsp3) is 0.136. The molecule has 3 aromatic rings. The highest BCUT2D eigenvalue weighted by Crippen LogP contribution is 2.25. The van der Waals surface area contributed by atoms with Crippen LogP contribution in [0.1, 0.15) is 13.3 Å². The summed E-state index contributed by atoms with van der Waals surface area (Å²) in [5.41, 5.74) is 0.669. The summed E-state index contributed by atoms with van der Waals surface area (Å²) in [5, 5.41) is 3.91. The first-order valence-corrected chi connectivity index (χ1v) is 12.1. The third-order valence-electron chi connectivity index (χ3n) is 4.30. The fourth-order valence-electron chi connectivity index (χ4n) is 2.77. The maximum atomic E-state index is 12.6. The van der Waals surface area contributed by atoms with E-state index < -0.39 is 16.1 Å². The standard InChI is InChI=1S/C22H19Cl3N2O4S/c1-2-21(31-19-7-3-14(23)4-8-19)22(28)26-17-5-9-20(10-6-17)32(29,30)27-18-12-15(24)11-16(25)13-18/h3-13,21,27H,2H2,1H3,(H,26,28)/t21-/m0/s1. The number of hydrogen-bond acceptors (Lipinski definition) is 4. The zero-order valence-corrected chi connectivity index (χ0v) is 19.9. The number of halogens is 3.